The Morgan fingerprint density at radius 1 is 1.00 bits per heavy atom. The summed E-state index contributed by atoms with van der Waals surface area (Å²) in [4.78, 5) is 45.5. The largest absolute Gasteiger partial charge is 0.507 e. The molecule has 5 unspecified atom stereocenters. The molecule has 2 heterocycles. The van der Waals surface area contributed by atoms with Crippen molar-refractivity contribution in [3.63, 3.8) is 0 Å². The van der Waals surface area contributed by atoms with Gasteiger partial charge in [-0.25, -0.2) is 0 Å². The van der Waals surface area contributed by atoms with Gasteiger partial charge in [-0.2, -0.15) is 0 Å². The first-order valence-electron chi connectivity index (χ1n) is 17.7. The number of benzene rings is 3. The molecule has 9 N–H and O–H groups in total. The predicted molar refractivity (Wildman–Crippen MR) is 196 cm³/mol. The third-order valence-corrected chi connectivity index (χ3v) is 9.78. The number of aliphatic imine (C=N–C) groups is 1. The minimum Gasteiger partial charge on any atom is -0.507 e. The van der Waals surface area contributed by atoms with Crippen LogP contribution in [0.25, 0.3) is 12.2 Å². The van der Waals surface area contributed by atoms with E-state index in [0.29, 0.717) is 25.9 Å². The second-order valence-electron chi connectivity index (χ2n) is 13.4. The number of fused-ring (bicyclic) bond motifs is 2. The summed E-state index contributed by atoms with van der Waals surface area (Å²) in [5, 5.41) is 47.6. The van der Waals surface area contributed by atoms with Gasteiger partial charge < -0.3 is 56.2 Å². The fraction of sp³-hybridized carbons (Fsp3) is 0.385. The second kappa shape index (κ2) is 16.5. The Labute approximate surface area is 311 Å². The van der Waals surface area contributed by atoms with Gasteiger partial charge in [0.25, 0.3) is 0 Å². The monoisotopic (exact) mass is 744 g/mol. The Balaban J connectivity index is 1.51. The molecule has 286 valence electrons. The van der Waals surface area contributed by atoms with Crippen molar-refractivity contribution >= 4 is 35.6 Å². The van der Waals surface area contributed by atoms with Crippen LogP contribution in [0.2, 0.25) is 0 Å². The molecule has 2 aliphatic heterocycles. The van der Waals surface area contributed by atoms with E-state index >= 15 is 0 Å². The molecule has 15 heteroatoms. The number of rotatable bonds is 11. The average molecular weight is 745 g/mol. The number of nitrogens with two attached hydrogens (primary N) is 2. The van der Waals surface area contributed by atoms with E-state index in [0.717, 1.165) is 5.56 Å². The van der Waals surface area contributed by atoms with Crippen LogP contribution in [0.5, 0.6) is 17.2 Å². The normalized spacial score (nSPS) is 22.8. The molecule has 0 aromatic heterocycles. The zero-order valence-corrected chi connectivity index (χ0v) is 29.9. The quantitative estimate of drug-likeness (QED) is 0.0289. The zero-order chi connectivity index (χ0) is 38.7. The summed E-state index contributed by atoms with van der Waals surface area (Å²) in [6.07, 6.45) is -2.03. The van der Waals surface area contributed by atoms with Gasteiger partial charge in [-0.05, 0) is 68.1 Å². The minimum atomic E-state index is -1.47. The van der Waals surface area contributed by atoms with Crippen molar-refractivity contribution in [2.75, 3.05) is 26.2 Å². The van der Waals surface area contributed by atoms with Gasteiger partial charge in [0.05, 0.1) is 31.4 Å². The molecule has 0 saturated carbocycles. The number of aromatic hydroxyl groups is 1. The number of aliphatic hydroxyl groups excluding tert-OH is 3. The molecule has 1 aliphatic carbocycles. The van der Waals surface area contributed by atoms with Gasteiger partial charge >= 0.3 is 5.97 Å². The Morgan fingerprint density at radius 2 is 1.72 bits per heavy atom. The van der Waals surface area contributed by atoms with Gasteiger partial charge in [-0.1, -0.05) is 36.4 Å². The van der Waals surface area contributed by atoms with Gasteiger partial charge in [0.1, 0.15) is 35.6 Å². The number of nitrogens with one attached hydrogen (secondary N) is 1. The SMILES string of the molecule is CC(=O)Oc1cc(CO)c2c(c1C=Cc1ccccc1)C(=O)c1cc(OC3OC(C)C(O)C(O)C3OCCN=C(N)N)c(C3CCNCC3)c(O)c1C2=O. The third-order valence-electron chi connectivity index (χ3n) is 9.78. The molecule has 15 nitrogen and oxygen atoms in total. The van der Waals surface area contributed by atoms with E-state index in [1.165, 1.54) is 19.1 Å². The van der Waals surface area contributed by atoms with Crippen LogP contribution in [-0.2, 0) is 20.9 Å². The molecular formula is C39H44N4O11. The fourth-order valence-corrected chi connectivity index (χ4v) is 7.19. The van der Waals surface area contributed by atoms with Crippen molar-refractivity contribution in [3.05, 3.63) is 87.0 Å². The lowest BCUT2D eigenvalue weighted by molar-refractivity contribution is -0.278. The van der Waals surface area contributed by atoms with E-state index in [-0.39, 0.29) is 75.5 Å². The summed E-state index contributed by atoms with van der Waals surface area (Å²) in [7, 11) is 0. The Bertz CT molecular complexity index is 1970. The second-order valence-corrected chi connectivity index (χ2v) is 13.4. The molecule has 3 aliphatic rings. The highest BCUT2D eigenvalue weighted by atomic mass is 16.7. The lowest BCUT2D eigenvalue weighted by Gasteiger charge is -2.41. The van der Waals surface area contributed by atoms with Crippen molar-refractivity contribution in [1.29, 1.82) is 0 Å². The number of phenols is 1. The highest BCUT2D eigenvalue weighted by Gasteiger charge is 2.46. The summed E-state index contributed by atoms with van der Waals surface area (Å²) in [5.41, 5.74) is 11.3. The number of carbonyl (C=O) groups excluding carboxylic acids is 3. The molecule has 0 bridgehead atoms. The lowest BCUT2D eigenvalue weighted by Crippen LogP contribution is -2.59. The number of piperidine rings is 1. The van der Waals surface area contributed by atoms with Crippen LogP contribution < -0.4 is 26.3 Å². The summed E-state index contributed by atoms with van der Waals surface area (Å²) < 4.78 is 23.8. The number of carbonyl (C=O) groups is 3. The van der Waals surface area contributed by atoms with Crippen LogP contribution in [-0.4, -0.2) is 101 Å². The van der Waals surface area contributed by atoms with Crippen molar-refractivity contribution in [3.8, 4) is 17.2 Å². The number of guanidine groups is 1. The average Bonchev–Trinajstić information content (AvgIpc) is 3.15. The number of phenolic OH excluding ortho intramolecular Hbond substituents is 1. The molecule has 0 spiro atoms. The van der Waals surface area contributed by atoms with Crippen LogP contribution in [0.15, 0.2) is 47.5 Å². The third kappa shape index (κ3) is 7.73. The first kappa shape index (κ1) is 38.6. The van der Waals surface area contributed by atoms with Crippen LogP contribution in [0.1, 0.15) is 86.7 Å². The van der Waals surface area contributed by atoms with Gasteiger partial charge in [0.2, 0.25) is 6.29 Å². The number of hydrogen-bond donors (Lipinski definition) is 7. The molecule has 2 fully saturated rings. The topological polar surface area (TPSA) is 245 Å². The van der Waals surface area contributed by atoms with Gasteiger partial charge in [0.15, 0.2) is 17.5 Å². The molecule has 54 heavy (non-hydrogen) atoms. The summed E-state index contributed by atoms with van der Waals surface area (Å²) >= 11 is 0. The van der Waals surface area contributed by atoms with Crippen molar-refractivity contribution in [1.82, 2.24) is 5.32 Å². The first-order valence-corrected chi connectivity index (χ1v) is 17.7. The Kier molecular flexibility index (Phi) is 11.8. The highest BCUT2D eigenvalue weighted by molar-refractivity contribution is 6.31. The number of ether oxygens (including phenoxy) is 4. The molecular weight excluding hydrogens is 700 g/mol. The standard InChI is InChI=1S/C39H44N4O11/c1-19-32(46)36(50)37(51-15-14-43-39(40)41)38(52-19)54-27-17-25-31(34(48)28(27)22-10-12-42-13-11-22)35(49)29-23(18-44)16-26(53-20(2)45)24(30(29)33(25)47)9-8-21-6-4-3-5-7-21/h3-9,16-17,19,22,32,36-38,42,44,46,48,50H,10-15,18H2,1-2H3,(H4,40,41,43). The van der Waals surface area contributed by atoms with E-state index in [4.69, 9.17) is 30.4 Å². The minimum absolute atomic E-state index is 0.00117. The van der Waals surface area contributed by atoms with Crippen molar-refractivity contribution < 1.29 is 53.8 Å². The smallest absolute Gasteiger partial charge is 0.308 e. The molecule has 0 amide bonds. The molecule has 5 atom stereocenters. The van der Waals surface area contributed by atoms with E-state index in [1.807, 2.05) is 30.3 Å². The summed E-state index contributed by atoms with van der Waals surface area (Å²) in [6, 6.07) is 11.8. The Hall–Kier alpha value is -5.16. The maximum absolute atomic E-state index is 14.8. The van der Waals surface area contributed by atoms with Gasteiger partial charge in [-0.3, -0.25) is 19.4 Å². The van der Waals surface area contributed by atoms with Crippen molar-refractivity contribution in [2.45, 2.75) is 69.9 Å². The van der Waals surface area contributed by atoms with Gasteiger partial charge in [0, 0.05) is 34.7 Å². The molecule has 2 saturated heterocycles. The molecule has 3 aromatic rings. The summed E-state index contributed by atoms with van der Waals surface area (Å²) in [6.45, 7) is 3.21. The number of aliphatic hydroxyl groups is 3. The highest BCUT2D eigenvalue weighted by Crippen LogP contribution is 2.48. The number of nitrogens with zero attached hydrogens (tertiary/aromatic N) is 1. The van der Waals surface area contributed by atoms with E-state index in [2.05, 4.69) is 10.3 Å². The maximum Gasteiger partial charge on any atom is 0.308 e. The predicted octanol–water partition coefficient (Wildman–Crippen LogP) is 1.73. The number of esters is 1. The fourth-order valence-electron chi connectivity index (χ4n) is 7.19. The van der Waals surface area contributed by atoms with Crippen LogP contribution >= 0.6 is 0 Å². The lowest BCUT2D eigenvalue weighted by atomic mass is 9.76. The van der Waals surface area contributed by atoms with E-state index < -0.39 is 60.6 Å². The summed E-state index contributed by atoms with van der Waals surface area (Å²) in [5.74, 6) is -3.12. The zero-order valence-electron chi connectivity index (χ0n) is 29.9. The van der Waals surface area contributed by atoms with Crippen LogP contribution in [0.3, 0.4) is 0 Å². The van der Waals surface area contributed by atoms with E-state index in [1.54, 1.807) is 19.1 Å². The van der Waals surface area contributed by atoms with Crippen molar-refractivity contribution in [2.24, 2.45) is 16.5 Å². The maximum atomic E-state index is 14.8. The Morgan fingerprint density at radius 3 is 2.39 bits per heavy atom. The van der Waals surface area contributed by atoms with Crippen LogP contribution in [0.4, 0.5) is 0 Å². The number of hydrogen-bond acceptors (Lipinski definition) is 13. The molecule has 6 rings (SSSR count). The molecule has 0 radical (unpaired) electrons. The van der Waals surface area contributed by atoms with Gasteiger partial charge in [-0.15, -0.1) is 0 Å². The van der Waals surface area contributed by atoms with Crippen LogP contribution in [0, 0.1) is 0 Å². The first-order chi connectivity index (χ1) is 25.9. The van der Waals surface area contributed by atoms with E-state index in [9.17, 15) is 34.8 Å². The molecule has 3 aromatic carbocycles. The number of ketones is 2.